The van der Waals surface area contributed by atoms with Gasteiger partial charge >= 0.3 is 39.9 Å². The summed E-state index contributed by atoms with van der Waals surface area (Å²) in [7, 11) is 0. The van der Waals surface area contributed by atoms with Crippen molar-refractivity contribution < 1.29 is 115 Å². The molecule has 0 saturated carbocycles. The Kier molecular flexibility index (Phi) is 26.2. The summed E-state index contributed by atoms with van der Waals surface area (Å²) in [5.41, 5.74) is 0.676. The van der Waals surface area contributed by atoms with Crippen LogP contribution in [0.1, 0.15) is 62.8 Å². The van der Waals surface area contributed by atoms with E-state index >= 15 is 0 Å². The number of aromatic nitrogens is 1. The normalized spacial score (nSPS) is 17.5. The van der Waals surface area contributed by atoms with Crippen molar-refractivity contribution in [2.45, 2.75) is 101 Å². The van der Waals surface area contributed by atoms with Gasteiger partial charge < -0.3 is 71.0 Å². The number of nitrogens with one attached hydrogen (secondary N) is 2. The van der Waals surface area contributed by atoms with E-state index in [-0.39, 0.29) is 149 Å². The molecule has 2 amide bonds. The largest absolute Gasteiger partial charge is 3.00 e. The zero-order valence-electron chi connectivity index (χ0n) is 32.1. The number of carboxylic acid groups (broad SMARTS) is 3. The standard InChI is InChI=1S/C36H58N6O15.Gd/c43-20-26(47)5-4-25(46)6-7-30(35(54)55)41-14-12-40(29(34(52)53)8-10-32(50)37-16-27(48)21-44)13-15-42(19-24-3-1-2-23(18-41)39-24)31(36(56)57)9-11-33(51)38-17-28(49)22-45;/h1-3,26-31,43-45,47-49H,4-22H2,(H,37,50)(H,38,51)(H,52,53)(H,54,55)(H,56,57);/q;+3/p-3. The number of aliphatic hydroxyl groups is 6. The molecule has 2 heterocycles. The fourth-order valence-corrected chi connectivity index (χ4v) is 6.24. The fourth-order valence-electron chi connectivity index (χ4n) is 6.24. The summed E-state index contributed by atoms with van der Waals surface area (Å²) < 4.78 is 0. The van der Waals surface area contributed by atoms with Crippen molar-refractivity contribution in [1.29, 1.82) is 0 Å². The summed E-state index contributed by atoms with van der Waals surface area (Å²) in [6, 6.07) is 0.546. The number of hydrogen-bond acceptors (Lipinski definition) is 19. The Bertz CT molecular complexity index is 1380. The van der Waals surface area contributed by atoms with Crippen LogP contribution in [0.2, 0.25) is 0 Å². The van der Waals surface area contributed by atoms with Crippen LogP contribution < -0.4 is 26.0 Å². The van der Waals surface area contributed by atoms with Crippen molar-refractivity contribution in [2.75, 3.05) is 59.1 Å². The van der Waals surface area contributed by atoms with Crippen molar-refractivity contribution in [3.63, 3.8) is 0 Å². The van der Waals surface area contributed by atoms with Crippen LogP contribution in [0.15, 0.2) is 18.2 Å². The smallest absolute Gasteiger partial charge is 0.548 e. The average Bonchev–Trinajstić information content (AvgIpc) is 3.17. The van der Waals surface area contributed by atoms with Gasteiger partial charge in [-0.1, -0.05) is 6.07 Å². The molecule has 327 valence electrons. The minimum absolute atomic E-state index is 0. The number of aliphatic carboxylic acids is 3. The number of fused-ring (bicyclic) bond motifs is 2. The van der Waals surface area contributed by atoms with E-state index in [9.17, 15) is 59.4 Å². The number of amides is 2. The summed E-state index contributed by atoms with van der Waals surface area (Å²) in [6.07, 6.45) is -5.45. The SMILES string of the molecule is O=C(CCC(O)CO)CCC(C(=O)[O-])N1CCN(C(CCC(=O)NCC(O)CO)C(=O)[O-])CCN(C(CCC(=O)NCC(O)CO)C(=O)[O-])Cc2cccc(n2)C1.[Gd+3]. The van der Waals surface area contributed by atoms with E-state index in [1.165, 1.54) is 14.7 Å². The molecule has 21 nitrogen and oxygen atoms in total. The van der Waals surface area contributed by atoms with E-state index in [0.29, 0.717) is 11.4 Å². The monoisotopic (exact) mass is 969 g/mol. The maximum Gasteiger partial charge on any atom is 3.00 e. The van der Waals surface area contributed by atoms with Gasteiger partial charge in [0.2, 0.25) is 11.8 Å². The molecule has 58 heavy (non-hydrogen) atoms. The van der Waals surface area contributed by atoms with Crippen LogP contribution in [-0.2, 0) is 41.9 Å². The number of nitrogens with zero attached hydrogens (tertiary/aromatic N) is 4. The van der Waals surface area contributed by atoms with Gasteiger partial charge in [-0.3, -0.25) is 34.1 Å². The van der Waals surface area contributed by atoms with Gasteiger partial charge in [0.15, 0.2) is 0 Å². The van der Waals surface area contributed by atoms with Gasteiger partial charge in [-0.05, 0) is 37.8 Å². The first-order chi connectivity index (χ1) is 27.1. The van der Waals surface area contributed by atoms with Crippen LogP contribution in [0, 0.1) is 39.9 Å². The first-order valence-electron chi connectivity index (χ1n) is 18.8. The number of hydrogen-bond donors (Lipinski definition) is 8. The molecule has 1 aliphatic heterocycles. The van der Waals surface area contributed by atoms with Crippen LogP contribution in [0.3, 0.4) is 0 Å². The summed E-state index contributed by atoms with van der Waals surface area (Å²) >= 11 is 0. The molecule has 0 aliphatic carbocycles. The molecule has 2 rings (SSSR count). The number of rotatable bonds is 25. The summed E-state index contributed by atoms with van der Waals surface area (Å²) in [5.74, 6) is -6.29. The Morgan fingerprint density at radius 2 is 0.948 bits per heavy atom. The second kappa shape index (κ2) is 28.6. The number of carbonyl (C=O) groups is 6. The molecule has 1 aromatic rings. The topological polar surface area (TPSA) is 340 Å². The molecule has 1 radical (unpaired) electrons. The van der Waals surface area contributed by atoms with Crippen molar-refractivity contribution in [3.05, 3.63) is 29.6 Å². The van der Waals surface area contributed by atoms with Gasteiger partial charge in [0.1, 0.15) is 5.78 Å². The Hall–Kier alpha value is -2.87. The van der Waals surface area contributed by atoms with E-state index in [4.69, 9.17) is 15.3 Å². The second-order valence-electron chi connectivity index (χ2n) is 13.9. The fraction of sp³-hybridized carbons (Fsp3) is 0.694. The van der Waals surface area contributed by atoms with Gasteiger partial charge in [0, 0.05) is 84.1 Å². The maximum absolute atomic E-state index is 12.6. The van der Waals surface area contributed by atoms with E-state index in [1.54, 1.807) is 18.2 Å². The van der Waals surface area contributed by atoms with E-state index in [2.05, 4.69) is 15.6 Å². The Morgan fingerprint density at radius 3 is 1.34 bits per heavy atom. The van der Waals surface area contributed by atoms with Crippen LogP contribution in [0.25, 0.3) is 0 Å². The quantitative estimate of drug-likeness (QED) is 0.0451. The van der Waals surface area contributed by atoms with Gasteiger partial charge in [-0.2, -0.15) is 0 Å². The van der Waals surface area contributed by atoms with Gasteiger partial charge in [-0.25, -0.2) is 0 Å². The Morgan fingerprint density at radius 1 is 0.586 bits per heavy atom. The predicted molar refractivity (Wildman–Crippen MR) is 190 cm³/mol. The zero-order valence-corrected chi connectivity index (χ0v) is 34.4. The number of Topliss-reactive ketones (excluding diaryl/α,β-unsaturated/α-hetero) is 1. The minimum Gasteiger partial charge on any atom is -0.548 e. The van der Waals surface area contributed by atoms with E-state index < -0.39 is 86.0 Å². The summed E-state index contributed by atoms with van der Waals surface area (Å²) in [4.78, 5) is 84.3. The Balaban J connectivity index is 0.0000168. The zero-order chi connectivity index (χ0) is 42.5. The second-order valence-corrected chi connectivity index (χ2v) is 13.9. The van der Waals surface area contributed by atoms with Crippen molar-refractivity contribution in [1.82, 2.24) is 30.3 Å². The molecule has 8 N–H and O–H groups in total. The predicted octanol–water partition coefficient (Wildman–Crippen LogP) is -7.66. The molecular formula is C36H55GdN6O15. The first kappa shape index (κ1) is 53.2. The molecule has 1 aromatic heterocycles. The first-order valence-corrected chi connectivity index (χ1v) is 18.8. The molecule has 1 aliphatic rings. The van der Waals surface area contributed by atoms with Crippen molar-refractivity contribution in [3.8, 4) is 0 Å². The molecule has 0 spiro atoms. The van der Waals surface area contributed by atoms with Gasteiger partial charge in [0.25, 0.3) is 0 Å². The molecule has 2 bridgehead atoms. The molecule has 0 aromatic carbocycles. The molecule has 0 saturated heterocycles. The van der Waals surface area contributed by atoms with Crippen LogP contribution in [-0.4, -0.2) is 181 Å². The summed E-state index contributed by atoms with van der Waals surface area (Å²) in [6.45, 7) is -3.29. The Labute approximate surface area is 368 Å². The van der Waals surface area contributed by atoms with Crippen LogP contribution in [0.4, 0.5) is 0 Å². The molecule has 22 heteroatoms. The van der Waals surface area contributed by atoms with Crippen LogP contribution in [0.5, 0.6) is 0 Å². The van der Waals surface area contributed by atoms with Gasteiger partial charge in [-0.15, -0.1) is 0 Å². The number of aliphatic hydroxyl groups excluding tert-OH is 6. The maximum atomic E-state index is 12.6. The van der Waals surface area contributed by atoms with Crippen LogP contribution >= 0.6 is 0 Å². The third-order valence-corrected chi connectivity index (χ3v) is 9.53. The van der Waals surface area contributed by atoms with Gasteiger partial charge in [0.05, 0.1) is 79.5 Å². The van der Waals surface area contributed by atoms with E-state index in [1.807, 2.05) is 0 Å². The van der Waals surface area contributed by atoms with E-state index in [0.717, 1.165) is 0 Å². The minimum atomic E-state index is -1.60. The molecule has 6 atom stereocenters. The average molecular weight is 969 g/mol. The molecular weight excluding hydrogens is 914 g/mol. The number of pyridine rings is 1. The third kappa shape index (κ3) is 19.9. The number of ketones is 1. The molecule has 6 unspecified atom stereocenters. The summed E-state index contributed by atoms with van der Waals surface area (Å²) in [5, 5.41) is 98.4. The van der Waals surface area contributed by atoms with Crippen molar-refractivity contribution in [2.24, 2.45) is 0 Å². The number of carbonyl (C=O) groups excluding carboxylic acids is 6. The third-order valence-electron chi connectivity index (χ3n) is 9.53. The van der Waals surface area contributed by atoms with Crippen molar-refractivity contribution >= 4 is 35.5 Å². The number of carboxylic acids is 3. The molecule has 0 fully saturated rings.